The van der Waals surface area contributed by atoms with Crippen molar-refractivity contribution in [3.05, 3.63) is 54.4 Å². The average Bonchev–Trinajstić information content (AvgIpc) is 2.85. The highest BCUT2D eigenvalue weighted by atomic mass is 32.2. The molecule has 1 aromatic carbocycles. The van der Waals surface area contributed by atoms with E-state index >= 15 is 0 Å². The molecular weight excluding hydrogens is 262 g/mol. The molecule has 102 valence electrons. The third kappa shape index (κ3) is 3.44. The maximum absolute atomic E-state index is 12.0. The molecular formula is C13H17N3O2S. The molecule has 19 heavy (non-hydrogen) atoms. The number of hydrogen-bond acceptors (Lipinski definition) is 3. The van der Waals surface area contributed by atoms with Gasteiger partial charge in [-0.1, -0.05) is 30.3 Å². The summed E-state index contributed by atoms with van der Waals surface area (Å²) in [5.74, 6) is 0. The summed E-state index contributed by atoms with van der Waals surface area (Å²) in [6.45, 7) is 0.168. The largest absolute Gasteiger partial charge is 0.356 e. The molecule has 3 N–H and O–H groups in total. The van der Waals surface area contributed by atoms with Gasteiger partial charge in [0.1, 0.15) is 0 Å². The fraction of sp³-hybridized carbons (Fsp3) is 0.231. The lowest BCUT2D eigenvalue weighted by atomic mass is 10.1. The fourth-order valence-corrected chi connectivity index (χ4v) is 2.85. The molecule has 0 aliphatic carbocycles. The average molecular weight is 279 g/mol. The first-order valence-corrected chi connectivity index (χ1v) is 7.39. The van der Waals surface area contributed by atoms with Gasteiger partial charge < -0.3 is 10.3 Å². The first-order valence-electron chi connectivity index (χ1n) is 5.91. The van der Waals surface area contributed by atoms with Crippen LogP contribution in [0.25, 0.3) is 0 Å². The molecule has 0 saturated carbocycles. The van der Waals surface area contributed by atoms with E-state index in [1.54, 1.807) is 30.1 Å². The van der Waals surface area contributed by atoms with E-state index in [1.807, 2.05) is 30.3 Å². The number of nitrogens with two attached hydrogens (primary N) is 1. The van der Waals surface area contributed by atoms with Crippen molar-refractivity contribution in [2.24, 2.45) is 12.8 Å². The van der Waals surface area contributed by atoms with Crippen LogP contribution in [0.4, 0.5) is 0 Å². The lowest BCUT2D eigenvalue weighted by Crippen LogP contribution is -2.31. The predicted octanol–water partition coefficient (Wildman–Crippen LogP) is 1.00. The Hall–Kier alpha value is -1.63. The zero-order chi connectivity index (χ0) is 13.9. The van der Waals surface area contributed by atoms with Gasteiger partial charge in [-0.3, -0.25) is 0 Å². The van der Waals surface area contributed by atoms with Crippen LogP contribution in [0.5, 0.6) is 0 Å². The highest BCUT2D eigenvalue weighted by Gasteiger charge is 2.16. The van der Waals surface area contributed by atoms with E-state index in [0.29, 0.717) is 0 Å². The first kappa shape index (κ1) is 13.8. The lowest BCUT2D eigenvalue weighted by Gasteiger charge is -2.12. The van der Waals surface area contributed by atoms with Crippen molar-refractivity contribution in [1.29, 1.82) is 0 Å². The topological polar surface area (TPSA) is 77.1 Å². The second-order valence-corrected chi connectivity index (χ2v) is 6.15. The number of nitrogens with zero attached hydrogens (tertiary/aromatic N) is 1. The van der Waals surface area contributed by atoms with Crippen LogP contribution in [0.1, 0.15) is 11.6 Å². The van der Waals surface area contributed by atoms with Gasteiger partial charge in [-0.15, -0.1) is 0 Å². The molecule has 0 spiro atoms. The van der Waals surface area contributed by atoms with Crippen LogP contribution in [-0.2, 0) is 17.1 Å². The molecule has 5 nitrogen and oxygen atoms in total. The molecule has 0 bridgehead atoms. The standard InChI is InChI=1S/C13H17N3O2S/c1-16-8-7-12(10-16)19(17,18)15-9-13(14)11-5-3-2-4-6-11/h2-8,10,13,15H,9,14H2,1H3/t13-/m0/s1. The summed E-state index contributed by atoms with van der Waals surface area (Å²) < 4.78 is 28.2. The van der Waals surface area contributed by atoms with E-state index in [4.69, 9.17) is 5.73 Å². The van der Waals surface area contributed by atoms with Gasteiger partial charge in [0, 0.05) is 32.0 Å². The van der Waals surface area contributed by atoms with Crippen molar-refractivity contribution in [2.75, 3.05) is 6.54 Å². The van der Waals surface area contributed by atoms with Crippen LogP contribution in [0, 0.1) is 0 Å². The number of sulfonamides is 1. The summed E-state index contributed by atoms with van der Waals surface area (Å²) in [5, 5.41) is 0. The third-order valence-corrected chi connectivity index (χ3v) is 4.24. The second kappa shape index (κ2) is 5.56. The maximum Gasteiger partial charge on any atom is 0.242 e. The highest BCUT2D eigenvalue weighted by Crippen LogP contribution is 2.11. The van der Waals surface area contributed by atoms with Crippen LogP contribution in [-0.4, -0.2) is 19.5 Å². The van der Waals surface area contributed by atoms with Crippen LogP contribution in [0.2, 0.25) is 0 Å². The quantitative estimate of drug-likeness (QED) is 0.857. The molecule has 0 aliphatic heterocycles. The molecule has 6 heteroatoms. The van der Waals surface area contributed by atoms with Gasteiger partial charge in [-0.05, 0) is 11.6 Å². The Morgan fingerprint density at radius 3 is 2.53 bits per heavy atom. The number of aromatic nitrogens is 1. The van der Waals surface area contributed by atoms with Crippen LogP contribution in [0.15, 0.2) is 53.7 Å². The Morgan fingerprint density at radius 1 is 1.26 bits per heavy atom. The Morgan fingerprint density at radius 2 is 1.95 bits per heavy atom. The lowest BCUT2D eigenvalue weighted by molar-refractivity contribution is 0.572. The highest BCUT2D eigenvalue weighted by molar-refractivity contribution is 7.89. The van der Waals surface area contributed by atoms with Gasteiger partial charge in [0.15, 0.2) is 0 Å². The SMILES string of the molecule is Cn1ccc(S(=O)(=O)NC[C@H](N)c2ccccc2)c1. The minimum atomic E-state index is -3.49. The zero-order valence-electron chi connectivity index (χ0n) is 10.7. The molecule has 1 aromatic heterocycles. The molecule has 2 rings (SSSR count). The third-order valence-electron chi connectivity index (χ3n) is 2.84. The van der Waals surface area contributed by atoms with E-state index < -0.39 is 10.0 Å². The van der Waals surface area contributed by atoms with E-state index in [2.05, 4.69) is 4.72 Å². The summed E-state index contributed by atoms with van der Waals surface area (Å²) in [6, 6.07) is 10.6. The zero-order valence-corrected chi connectivity index (χ0v) is 11.5. The number of rotatable bonds is 5. The van der Waals surface area contributed by atoms with Crippen LogP contribution >= 0.6 is 0 Å². The maximum atomic E-state index is 12.0. The van der Waals surface area contributed by atoms with E-state index in [-0.39, 0.29) is 17.5 Å². The molecule has 1 heterocycles. The number of nitrogens with one attached hydrogen (secondary N) is 1. The smallest absolute Gasteiger partial charge is 0.242 e. The summed E-state index contributed by atoms with van der Waals surface area (Å²) >= 11 is 0. The summed E-state index contributed by atoms with van der Waals surface area (Å²) in [7, 11) is -1.72. The molecule has 0 saturated heterocycles. The number of hydrogen-bond donors (Lipinski definition) is 2. The van der Waals surface area contributed by atoms with Gasteiger partial charge in [0.2, 0.25) is 10.0 Å². The van der Waals surface area contributed by atoms with E-state index in [1.165, 1.54) is 0 Å². The minimum Gasteiger partial charge on any atom is -0.356 e. The van der Waals surface area contributed by atoms with E-state index in [9.17, 15) is 8.42 Å². The van der Waals surface area contributed by atoms with Gasteiger partial charge in [0.05, 0.1) is 4.90 Å². The van der Waals surface area contributed by atoms with E-state index in [0.717, 1.165) is 5.56 Å². The Bertz CT molecular complexity index is 635. The Kier molecular flexibility index (Phi) is 4.04. The summed E-state index contributed by atoms with van der Waals surface area (Å²) in [5.41, 5.74) is 6.85. The van der Waals surface area contributed by atoms with Gasteiger partial charge in [0.25, 0.3) is 0 Å². The van der Waals surface area contributed by atoms with Crippen molar-refractivity contribution in [3.63, 3.8) is 0 Å². The molecule has 0 radical (unpaired) electrons. The van der Waals surface area contributed by atoms with Crippen molar-refractivity contribution in [3.8, 4) is 0 Å². The second-order valence-electron chi connectivity index (χ2n) is 4.38. The number of aryl methyl sites for hydroxylation is 1. The molecule has 0 amide bonds. The van der Waals surface area contributed by atoms with Crippen LogP contribution < -0.4 is 10.5 Å². The normalized spacial score (nSPS) is 13.4. The summed E-state index contributed by atoms with van der Waals surface area (Å²) in [4.78, 5) is 0.246. The van der Waals surface area contributed by atoms with Gasteiger partial charge >= 0.3 is 0 Å². The van der Waals surface area contributed by atoms with Crippen molar-refractivity contribution in [1.82, 2.24) is 9.29 Å². The van der Waals surface area contributed by atoms with Crippen molar-refractivity contribution in [2.45, 2.75) is 10.9 Å². The summed E-state index contributed by atoms with van der Waals surface area (Å²) in [6.07, 6.45) is 3.24. The Balaban J connectivity index is 2.03. The molecule has 0 aliphatic rings. The monoisotopic (exact) mass is 279 g/mol. The van der Waals surface area contributed by atoms with Crippen molar-refractivity contribution < 1.29 is 8.42 Å². The number of benzene rings is 1. The fourth-order valence-electron chi connectivity index (χ4n) is 1.74. The molecule has 0 fully saturated rings. The molecule has 1 atom stereocenters. The van der Waals surface area contributed by atoms with Crippen LogP contribution in [0.3, 0.4) is 0 Å². The van der Waals surface area contributed by atoms with Gasteiger partial charge in [-0.2, -0.15) is 0 Å². The first-order chi connectivity index (χ1) is 8.99. The van der Waals surface area contributed by atoms with Crippen molar-refractivity contribution >= 4 is 10.0 Å². The Labute approximate surface area is 113 Å². The molecule has 0 unspecified atom stereocenters. The molecule has 2 aromatic rings. The van der Waals surface area contributed by atoms with Gasteiger partial charge in [-0.25, -0.2) is 13.1 Å². The minimum absolute atomic E-state index is 0.168. The predicted molar refractivity (Wildman–Crippen MR) is 74.0 cm³/mol.